The van der Waals surface area contributed by atoms with Gasteiger partial charge in [-0.05, 0) is 11.8 Å². The number of aromatic amines is 1. The first-order chi connectivity index (χ1) is 12.0. The van der Waals surface area contributed by atoms with Gasteiger partial charge in [0.1, 0.15) is 11.6 Å². The molecular weight excluding hydrogens is 318 g/mol. The van der Waals surface area contributed by atoms with Crippen molar-refractivity contribution in [2.75, 3.05) is 19.8 Å². The fourth-order valence-corrected chi connectivity index (χ4v) is 3.74. The Morgan fingerprint density at radius 3 is 2.88 bits per heavy atom. The lowest BCUT2D eigenvalue weighted by molar-refractivity contribution is -0.124. The number of aromatic nitrogens is 2. The first kappa shape index (κ1) is 17.5. The van der Waals surface area contributed by atoms with Crippen LogP contribution in [0.4, 0.5) is 0 Å². The number of nitrogens with zero attached hydrogens (tertiary/aromatic N) is 3. The molecule has 2 atom stereocenters. The molecule has 7 nitrogen and oxygen atoms in total. The summed E-state index contributed by atoms with van der Waals surface area (Å²) in [5.74, 6) is -0.107. The van der Waals surface area contributed by atoms with Crippen LogP contribution in [-0.2, 0) is 9.53 Å². The van der Waals surface area contributed by atoms with Gasteiger partial charge in [0.25, 0.3) is 0 Å². The van der Waals surface area contributed by atoms with Crippen molar-refractivity contribution < 1.29 is 9.53 Å². The monoisotopic (exact) mass is 341 g/mol. The lowest BCUT2D eigenvalue weighted by atomic mass is 9.65. The van der Waals surface area contributed by atoms with Gasteiger partial charge in [0.2, 0.25) is 0 Å². The Morgan fingerprint density at radius 2 is 2.24 bits per heavy atom. The molecule has 0 aromatic carbocycles. The van der Waals surface area contributed by atoms with Gasteiger partial charge in [-0.25, -0.2) is 4.98 Å². The standard InChI is InChI=1S/C18H23N5O2/c1-18(2)7-12-16(14(24)8-18)15(17-21-4-5-22-17)11(9-20)13(23-12)10-25-6-3-19/h4-5,15-16H,3,6-8,10,19H2,1-2H3,(H,21,22). The summed E-state index contributed by atoms with van der Waals surface area (Å²) in [4.78, 5) is 24.9. The summed E-state index contributed by atoms with van der Waals surface area (Å²) in [6.07, 6.45) is 4.54. The molecule has 0 spiro atoms. The van der Waals surface area contributed by atoms with E-state index in [0.717, 1.165) is 12.1 Å². The Morgan fingerprint density at radius 1 is 1.44 bits per heavy atom. The van der Waals surface area contributed by atoms with Crippen LogP contribution in [0.1, 0.15) is 38.4 Å². The van der Waals surface area contributed by atoms with Crippen molar-refractivity contribution in [2.45, 2.75) is 32.6 Å². The fourth-order valence-electron chi connectivity index (χ4n) is 3.74. The molecule has 7 heteroatoms. The molecule has 0 amide bonds. The van der Waals surface area contributed by atoms with Gasteiger partial charge >= 0.3 is 0 Å². The highest BCUT2D eigenvalue weighted by atomic mass is 16.5. The molecule has 1 aliphatic carbocycles. The molecule has 2 aliphatic rings. The number of allylic oxidation sites excluding steroid dienone is 1. The minimum absolute atomic E-state index is 0.117. The largest absolute Gasteiger partial charge is 0.374 e. The molecule has 3 rings (SSSR count). The molecule has 2 heterocycles. The third kappa shape index (κ3) is 3.41. The Bertz CT molecular complexity index is 755. The van der Waals surface area contributed by atoms with Gasteiger partial charge in [0, 0.05) is 31.1 Å². The van der Waals surface area contributed by atoms with Crippen molar-refractivity contribution in [2.24, 2.45) is 22.1 Å². The highest BCUT2D eigenvalue weighted by molar-refractivity contribution is 6.10. The Balaban J connectivity index is 2.06. The van der Waals surface area contributed by atoms with Gasteiger partial charge in [-0.2, -0.15) is 5.26 Å². The number of ketones is 1. The van der Waals surface area contributed by atoms with Crippen LogP contribution in [0.2, 0.25) is 0 Å². The normalized spacial score (nSPS) is 25.4. The smallest absolute Gasteiger partial charge is 0.143 e. The second-order valence-corrected chi connectivity index (χ2v) is 7.33. The number of ether oxygens (including phenoxy) is 1. The van der Waals surface area contributed by atoms with Gasteiger partial charge in [-0.1, -0.05) is 13.8 Å². The summed E-state index contributed by atoms with van der Waals surface area (Å²) in [6, 6.07) is 2.24. The van der Waals surface area contributed by atoms with Gasteiger partial charge in [0.15, 0.2) is 0 Å². The number of hydrogen-bond donors (Lipinski definition) is 2. The Labute approximate surface area is 147 Å². The van der Waals surface area contributed by atoms with Crippen molar-refractivity contribution in [1.82, 2.24) is 9.97 Å². The number of carbonyl (C=O) groups is 1. The van der Waals surface area contributed by atoms with Crippen LogP contribution in [0, 0.1) is 22.7 Å². The summed E-state index contributed by atoms with van der Waals surface area (Å²) in [6.45, 7) is 5.15. The minimum atomic E-state index is -0.424. The fraction of sp³-hybridized carbons (Fsp3) is 0.556. The maximum absolute atomic E-state index is 12.9. The van der Waals surface area contributed by atoms with Crippen LogP contribution in [0.15, 0.2) is 28.7 Å². The molecule has 25 heavy (non-hydrogen) atoms. The number of nitrogens with two attached hydrogens (primary N) is 1. The number of imidazole rings is 1. The summed E-state index contributed by atoms with van der Waals surface area (Å²) in [5, 5.41) is 9.76. The van der Waals surface area contributed by atoms with Crippen LogP contribution >= 0.6 is 0 Å². The SMILES string of the molecule is CC1(C)CC(=O)C2C(=NC(COCCN)=C(C#N)C2c2ncc[nH]2)C1. The summed E-state index contributed by atoms with van der Waals surface area (Å²) >= 11 is 0. The quantitative estimate of drug-likeness (QED) is 0.791. The molecule has 1 aromatic rings. The molecule has 132 valence electrons. The highest BCUT2D eigenvalue weighted by Gasteiger charge is 2.47. The van der Waals surface area contributed by atoms with E-state index in [9.17, 15) is 10.1 Å². The Hall–Kier alpha value is -2.30. The third-order valence-electron chi connectivity index (χ3n) is 4.69. The summed E-state index contributed by atoms with van der Waals surface area (Å²) < 4.78 is 5.52. The first-order valence-corrected chi connectivity index (χ1v) is 8.47. The zero-order chi connectivity index (χ0) is 18.0. The number of nitriles is 1. The van der Waals surface area contributed by atoms with Crippen LogP contribution in [0.5, 0.6) is 0 Å². The van der Waals surface area contributed by atoms with Crippen LogP contribution in [-0.4, -0.2) is 41.2 Å². The molecule has 1 aromatic heterocycles. The number of rotatable bonds is 5. The van der Waals surface area contributed by atoms with E-state index in [1.54, 1.807) is 12.4 Å². The molecule has 0 bridgehead atoms. The molecule has 1 fully saturated rings. The second kappa shape index (κ2) is 6.90. The van der Waals surface area contributed by atoms with Crippen LogP contribution < -0.4 is 5.73 Å². The Kier molecular flexibility index (Phi) is 4.84. The zero-order valence-corrected chi connectivity index (χ0v) is 14.6. The van der Waals surface area contributed by atoms with E-state index in [1.807, 2.05) is 0 Å². The van der Waals surface area contributed by atoms with E-state index in [4.69, 9.17) is 10.5 Å². The molecule has 1 aliphatic heterocycles. The average Bonchev–Trinajstić information content (AvgIpc) is 3.06. The van der Waals surface area contributed by atoms with E-state index in [0.29, 0.717) is 36.7 Å². The number of Topliss-reactive ketones (excluding diaryl/α,β-unsaturated/α-hetero) is 1. The van der Waals surface area contributed by atoms with Crippen molar-refractivity contribution in [3.05, 3.63) is 29.5 Å². The number of carbonyl (C=O) groups excluding carboxylic acids is 1. The summed E-state index contributed by atoms with van der Waals surface area (Å²) in [7, 11) is 0. The average molecular weight is 341 g/mol. The first-order valence-electron chi connectivity index (χ1n) is 8.47. The maximum Gasteiger partial charge on any atom is 0.143 e. The predicted molar refractivity (Wildman–Crippen MR) is 92.8 cm³/mol. The van der Waals surface area contributed by atoms with Crippen molar-refractivity contribution in [1.29, 1.82) is 5.26 Å². The highest BCUT2D eigenvalue weighted by Crippen LogP contribution is 2.45. The van der Waals surface area contributed by atoms with Gasteiger partial charge in [-0.15, -0.1) is 0 Å². The van der Waals surface area contributed by atoms with E-state index in [-0.39, 0.29) is 17.8 Å². The number of nitrogens with one attached hydrogen (secondary N) is 1. The molecule has 0 radical (unpaired) electrons. The van der Waals surface area contributed by atoms with Crippen LogP contribution in [0.3, 0.4) is 0 Å². The minimum Gasteiger partial charge on any atom is -0.374 e. The van der Waals surface area contributed by atoms with E-state index in [1.165, 1.54) is 0 Å². The topological polar surface area (TPSA) is 117 Å². The third-order valence-corrected chi connectivity index (χ3v) is 4.69. The molecule has 1 saturated carbocycles. The second-order valence-electron chi connectivity index (χ2n) is 7.33. The van der Waals surface area contributed by atoms with Crippen molar-refractivity contribution in [3.63, 3.8) is 0 Å². The van der Waals surface area contributed by atoms with E-state index in [2.05, 4.69) is 34.9 Å². The number of fused-ring (bicyclic) bond motifs is 1. The molecule has 2 unspecified atom stereocenters. The van der Waals surface area contributed by atoms with E-state index >= 15 is 0 Å². The summed E-state index contributed by atoms with van der Waals surface area (Å²) in [5.41, 5.74) is 7.20. The maximum atomic E-state index is 12.9. The molecule has 3 N–H and O–H groups in total. The van der Waals surface area contributed by atoms with Crippen molar-refractivity contribution in [3.8, 4) is 6.07 Å². The number of hydrogen-bond acceptors (Lipinski definition) is 6. The predicted octanol–water partition coefficient (Wildman–Crippen LogP) is 1.71. The lowest BCUT2D eigenvalue weighted by Gasteiger charge is -2.39. The van der Waals surface area contributed by atoms with Gasteiger partial charge in [0.05, 0.1) is 42.4 Å². The molecular formula is C18H23N5O2. The molecule has 0 saturated heterocycles. The lowest BCUT2D eigenvalue weighted by Crippen LogP contribution is -2.43. The van der Waals surface area contributed by atoms with Crippen molar-refractivity contribution >= 4 is 11.5 Å². The number of aliphatic imine (C=N–C) groups is 1. The van der Waals surface area contributed by atoms with Gasteiger partial charge < -0.3 is 15.5 Å². The van der Waals surface area contributed by atoms with Crippen LogP contribution in [0.25, 0.3) is 0 Å². The number of H-pyrrole nitrogens is 1. The zero-order valence-electron chi connectivity index (χ0n) is 14.6. The van der Waals surface area contributed by atoms with E-state index < -0.39 is 11.8 Å². The van der Waals surface area contributed by atoms with Gasteiger partial charge in [-0.3, -0.25) is 9.79 Å².